The molecule has 0 aliphatic heterocycles. The minimum atomic E-state index is -0.206. The van der Waals surface area contributed by atoms with Crippen LogP contribution in [0.5, 0.6) is 5.75 Å². The third-order valence-electron chi connectivity index (χ3n) is 2.57. The summed E-state index contributed by atoms with van der Waals surface area (Å²) >= 11 is 0. The number of para-hydroxylation sites is 1. The molecule has 1 amide bonds. The van der Waals surface area contributed by atoms with E-state index in [4.69, 9.17) is 10.00 Å². The maximum atomic E-state index is 12.1. The fraction of sp³-hybridized carbons (Fsp3) is 0.429. The highest BCUT2D eigenvalue weighted by Crippen LogP contribution is 2.19. The number of likely N-dealkylation sites (N-methyl/N-ethyl adjacent to an activating group) is 1. The van der Waals surface area contributed by atoms with Crippen molar-refractivity contribution in [3.05, 3.63) is 29.8 Å². The molecule has 0 aromatic heterocycles. The topological polar surface area (TPSA) is 56.6 Å². The van der Waals surface area contributed by atoms with Crippen molar-refractivity contribution in [3.63, 3.8) is 0 Å². The van der Waals surface area contributed by atoms with Crippen LogP contribution in [0.3, 0.4) is 0 Å². The van der Waals surface area contributed by atoms with Crippen molar-refractivity contribution < 1.29 is 9.53 Å². The van der Waals surface area contributed by atoms with Gasteiger partial charge in [-0.3, -0.25) is 4.79 Å². The minimum Gasteiger partial charge on any atom is -0.491 e. The Balaban J connectivity index is 2.78. The second-order valence-corrected chi connectivity index (χ2v) is 4.47. The van der Waals surface area contributed by atoms with Crippen LogP contribution in [0.4, 0.5) is 0 Å². The van der Waals surface area contributed by atoms with E-state index in [1.807, 2.05) is 31.1 Å². The molecule has 0 aliphatic carbocycles. The van der Waals surface area contributed by atoms with Crippen LogP contribution in [0.15, 0.2) is 24.3 Å². The number of benzene rings is 1. The fourth-order valence-electron chi connectivity index (χ4n) is 1.49. The highest BCUT2D eigenvalue weighted by molar-refractivity contribution is 5.96. The van der Waals surface area contributed by atoms with E-state index in [2.05, 4.69) is 0 Å². The predicted molar refractivity (Wildman–Crippen MR) is 73.1 cm³/mol. The van der Waals surface area contributed by atoms with Crippen LogP contribution < -0.4 is 4.74 Å². The normalized spacial score (nSPS) is 10.1. The molecule has 5 nitrogen and oxygen atoms in total. The molecule has 102 valence electrons. The van der Waals surface area contributed by atoms with Crippen LogP contribution in [0.25, 0.3) is 0 Å². The number of hydrogen-bond donors (Lipinski definition) is 0. The Morgan fingerprint density at radius 2 is 2.00 bits per heavy atom. The SMILES string of the molecule is CN(C)CCOc1ccccc1C(=O)N(C)CC#N. The van der Waals surface area contributed by atoms with Gasteiger partial charge < -0.3 is 14.5 Å². The van der Waals surface area contributed by atoms with Gasteiger partial charge in [0.2, 0.25) is 0 Å². The molecular weight excluding hydrogens is 242 g/mol. The highest BCUT2D eigenvalue weighted by Gasteiger charge is 2.15. The maximum absolute atomic E-state index is 12.1. The second-order valence-electron chi connectivity index (χ2n) is 4.47. The first-order valence-electron chi connectivity index (χ1n) is 6.05. The molecule has 0 saturated heterocycles. The van der Waals surface area contributed by atoms with Crippen molar-refractivity contribution >= 4 is 5.91 Å². The summed E-state index contributed by atoms with van der Waals surface area (Å²) in [5, 5.41) is 8.62. The van der Waals surface area contributed by atoms with E-state index in [1.165, 1.54) is 4.90 Å². The maximum Gasteiger partial charge on any atom is 0.258 e. The smallest absolute Gasteiger partial charge is 0.258 e. The summed E-state index contributed by atoms with van der Waals surface area (Å²) in [4.78, 5) is 15.5. The molecule has 0 fully saturated rings. The lowest BCUT2D eigenvalue weighted by Crippen LogP contribution is -2.27. The van der Waals surface area contributed by atoms with Crippen LogP contribution in [0.2, 0.25) is 0 Å². The molecule has 0 N–H and O–H groups in total. The van der Waals surface area contributed by atoms with E-state index in [0.29, 0.717) is 17.9 Å². The van der Waals surface area contributed by atoms with Crippen molar-refractivity contribution in [1.82, 2.24) is 9.80 Å². The summed E-state index contributed by atoms with van der Waals surface area (Å²) in [5.74, 6) is 0.348. The first kappa shape index (κ1) is 15.0. The Bertz CT molecular complexity index is 466. The minimum absolute atomic E-state index is 0.0604. The molecule has 0 unspecified atom stereocenters. The van der Waals surface area contributed by atoms with Gasteiger partial charge in [0.15, 0.2) is 0 Å². The summed E-state index contributed by atoms with van der Waals surface area (Å²) < 4.78 is 5.63. The Morgan fingerprint density at radius 1 is 1.32 bits per heavy atom. The van der Waals surface area contributed by atoms with Gasteiger partial charge in [-0.05, 0) is 26.2 Å². The van der Waals surface area contributed by atoms with Gasteiger partial charge in [0.25, 0.3) is 5.91 Å². The zero-order valence-electron chi connectivity index (χ0n) is 11.6. The van der Waals surface area contributed by atoms with Crippen LogP contribution in [0, 0.1) is 11.3 Å². The van der Waals surface area contributed by atoms with Gasteiger partial charge in [0, 0.05) is 13.6 Å². The predicted octanol–water partition coefficient (Wildman–Crippen LogP) is 1.22. The average Bonchev–Trinajstić information content (AvgIpc) is 2.38. The monoisotopic (exact) mass is 261 g/mol. The first-order chi connectivity index (χ1) is 9.06. The standard InChI is InChI=1S/C14H19N3O2/c1-16(2)10-11-19-13-7-5-4-6-12(13)14(18)17(3)9-8-15/h4-7H,9-11H2,1-3H3. The Morgan fingerprint density at radius 3 is 2.63 bits per heavy atom. The van der Waals surface area contributed by atoms with Gasteiger partial charge in [0.05, 0.1) is 11.6 Å². The number of hydrogen-bond acceptors (Lipinski definition) is 4. The van der Waals surface area contributed by atoms with E-state index < -0.39 is 0 Å². The Labute approximate surface area is 114 Å². The zero-order valence-corrected chi connectivity index (χ0v) is 11.6. The fourth-order valence-corrected chi connectivity index (χ4v) is 1.49. The number of ether oxygens (including phenoxy) is 1. The Hall–Kier alpha value is -2.06. The third kappa shape index (κ3) is 4.60. The van der Waals surface area contributed by atoms with Crippen LogP contribution in [-0.2, 0) is 0 Å². The quantitative estimate of drug-likeness (QED) is 0.723. The first-order valence-corrected chi connectivity index (χ1v) is 6.05. The van der Waals surface area contributed by atoms with Gasteiger partial charge >= 0.3 is 0 Å². The third-order valence-corrected chi connectivity index (χ3v) is 2.57. The van der Waals surface area contributed by atoms with E-state index in [9.17, 15) is 4.79 Å². The second kappa shape index (κ2) is 7.39. The number of carbonyl (C=O) groups is 1. The van der Waals surface area contributed by atoms with E-state index in [-0.39, 0.29) is 12.5 Å². The van der Waals surface area contributed by atoms with Crippen LogP contribution >= 0.6 is 0 Å². The van der Waals surface area contributed by atoms with Crippen molar-refractivity contribution in [1.29, 1.82) is 5.26 Å². The van der Waals surface area contributed by atoms with Crippen LogP contribution in [-0.4, -0.2) is 56.5 Å². The number of rotatable bonds is 6. The van der Waals surface area contributed by atoms with Crippen molar-refractivity contribution in [2.45, 2.75) is 0 Å². The molecular formula is C14H19N3O2. The summed E-state index contributed by atoms with van der Waals surface area (Å²) in [5.41, 5.74) is 0.485. The number of carbonyl (C=O) groups excluding carboxylic acids is 1. The van der Waals surface area contributed by atoms with Crippen LogP contribution in [0.1, 0.15) is 10.4 Å². The molecule has 0 atom stereocenters. The summed E-state index contributed by atoms with van der Waals surface area (Å²) in [6, 6.07) is 9.04. The number of amides is 1. The lowest BCUT2D eigenvalue weighted by molar-refractivity contribution is 0.0807. The van der Waals surface area contributed by atoms with E-state index in [0.717, 1.165) is 6.54 Å². The summed E-state index contributed by atoms with van der Waals surface area (Å²) in [6.45, 7) is 1.35. The van der Waals surface area contributed by atoms with E-state index in [1.54, 1.807) is 25.2 Å². The molecule has 0 saturated carbocycles. The van der Waals surface area contributed by atoms with Gasteiger partial charge in [-0.15, -0.1) is 0 Å². The molecule has 1 rings (SSSR count). The van der Waals surface area contributed by atoms with Crippen molar-refractivity contribution in [3.8, 4) is 11.8 Å². The largest absolute Gasteiger partial charge is 0.491 e. The van der Waals surface area contributed by atoms with Crippen molar-refractivity contribution in [2.24, 2.45) is 0 Å². The molecule has 1 aromatic carbocycles. The molecule has 0 spiro atoms. The molecule has 19 heavy (non-hydrogen) atoms. The summed E-state index contributed by atoms with van der Waals surface area (Å²) in [7, 11) is 5.52. The van der Waals surface area contributed by atoms with E-state index >= 15 is 0 Å². The lowest BCUT2D eigenvalue weighted by Gasteiger charge is -2.17. The van der Waals surface area contributed by atoms with Crippen molar-refractivity contribution in [2.75, 3.05) is 40.8 Å². The highest BCUT2D eigenvalue weighted by atomic mass is 16.5. The zero-order chi connectivity index (χ0) is 14.3. The van der Waals surface area contributed by atoms with Gasteiger partial charge in [-0.2, -0.15) is 5.26 Å². The molecule has 0 bridgehead atoms. The molecule has 0 aliphatic rings. The summed E-state index contributed by atoms with van der Waals surface area (Å²) in [6.07, 6.45) is 0. The lowest BCUT2D eigenvalue weighted by atomic mass is 10.2. The van der Waals surface area contributed by atoms with Gasteiger partial charge in [-0.1, -0.05) is 12.1 Å². The molecule has 1 aromatic rings. The number of nitriles is 1. The molecule has 0 radical (unpaired) electrons. The van der Waals surface area contributed by atoms with Gasteiger partial charge in [-0.25, -0.2) is 0 Å². The van der Waals surface area contributed by atoms with Gasteiger partial charge in [0.1, 0.15) is 18.9 Å². The number of nitrogens with zero attached hydrogens (tertiary/aromatic N) is 3. The molecule has 5 heteroatoms. The molecule has 0 heterocycles. The average molecular weight is 261 g/mol. The Kier molecular flexibility index (Phi) is 5.83.